The van der Waals surface area contributed by atoms with E-state index in [4.69, 9.17) is 5.73 Å². The molecule has 20 heavy (non-hydrogen) atoms. The third-order valence-corrected chi connectivity index (χ3v) is 3.85. The largest absolute Gasteiger partial charge is 0.405 e. The van der Waals surface area contributed by atoms with E-state index in [9.17, 15) is 13.2 Å². The number of nitrogens with two attached hydrogens (primary N) is 1. The van der Waals surface area contributed by atoms with Gasteiger partial charge < -0.3 is 10.6 Å². The fourth-order valence-electron chi connectivity index (χ4n) is 2.05. The Morgan fingerprint density at radius 1 is 1.50 bits per heavy atom. The molecule has 0 aliphatic heterocycles. The van der Waals surface area contributed by atoms with Crippen LogP contribution < -0.4 is 10.6 Å². The highest BCUT2D eigenvalue weighted by molar-refractivity contribution is 7.15. The van der Waals surface area contributed by atoms with E-state index in [2.05, 4.69) is 4.98 Å². The molecule has 1 atom stereocenters. The molecule has 4 nitrogen and oxygen atoms in total. The number of halogens is 3. The molecule has 0 radical (unpaired) electrons. The molecule has 0 bridgehead atoms. The maximum atomic E-state index is 12.5. The number of thiazole rings is 1. The standard InChI is InChI=1S/C12H17F3N4S/c1-3-8(16)6-9-10(18(2)7-12(13,14)15)17-11-19(9)4-5-20-11/h4-5,8H,3,6-7,16H2,1-2H3. The van der Waals surface area contributed by atoms with Crippen LogP contribution in [0.3, 0.4) is 0 Å². The molecule has 0 fully saturated rings. The van der Waals surface area contributed by atoms with Crippen molar-refractivity contribution in [2.45, 2.75) is 32.0 Å². The fraction of sp³-hybridized carbons (Fsp3) is 0.583. The van der Waals surface area contributed by atoms with Crippen LogP contribution in [0.5, 0.6) is 0 Å². The average Bonchev–Trinajstić information content (AvgIpc) is 2.89. The topological polar surface area (TPSA) is 46.6 Å². The Kier molecular flexibility index (Phi) is 4.24. The molecule has 2 N–H and O–H groups in total. The van der Waals surface area contributed by atoms with Crippen LogP contribution in [0.25, 0.3) is 4.96 Å². The molecule has 0 spiro atoms. The van der Waals surface area contributed by atoms with Gasteiger partial charge in [-0.25, -0.2) is 4.98 Å². The monoisotopic (exact) mass is 306 g/mol. The van der Waals surface area contributed by atoms with Gasteiger partial charge >= 0.3 is 6.18 Å². The van der Waals surface area contributed by atoms with Crippen molar-refractivity contribution < 1.29 is 13.2 Å². The molecular formula is C12H17F3N4S. The number of rotatable bonds is 5. The first-order valence-electron chi connectivity index (χ1n) is 6.29. The SMILES string of the molecule is CCC(N)Cc1c(N(C)CC(F)(F)F)nc2sccn12. The molecule has 0 saturated carbocycles. The quantitative estimate of drug-likeness (QED) is 0.924. The van der Waals surface area contributed by atoms with Crippen molar-refractivity contribution in [3.8, 4) is 0 Å². The summed E-state index contributed by atoms with van der Waals surface area (Å²) in [5.41, 5.74) is 6.68. The van der Waals surface area contributed by atoms with Crippen LogP contribution in [-0.4, -0.2) is 35.2 Å². The molecule has 1 unspecified atom stereocenters. The zero-order valence-electron chi connectivity index (χ0n) is 11.3. The second kappa shape index (κ2) is 5.61. The zero-order valence-corrected chi connectivity index (χ0v) is 12.1. The summed E-state index contributed by atoms with van der Waals surface area (Å²) in [5.74, 6) is 0.359. The Balaban J connectivity index is 2.36. The van der Waals surface area contributed by atoms with Crippen LogP contribution in [-0.2, 0) is 6.42 Å². The van der Waals surface area contributed by atoms with Gasteiger partial charge in [0.25, 0.3) is 0 Å². The number of hydrogen-bond donors (Lipinski definition) is 1. The molecule has 2 heterocycles. The van der Waals surface area contributed by atoms with Crippen LogP contribution in [0.1, 0.15) is 19.0 Å². The summed E-state index contributed by atoms with van der Waals surface area (Å²) in [6.45, 7) is 0.932. The summed E-state index contributed by atoms with van der Waals surface area (Å²) in [4.78, 5) is 6.12. The van der Waals surface area contributed by atoms with Crippen molar-refractivity contribution in [3.63, 3.8) is 0 Å². The number of fused-ring (bicyclic) bond motifs is 1. The lowest BCUT2D eigenvalue weighted by atomic mass is 10.1. The van der Waals surface area contributed by atoms with Crippen molar-refractivity contribution in [2.24, 2.45) is 5.73 Å². The van der Waals surface area contributed by atoms with Crippen molar-refractivity contribution in [3.05, 3.63) is 17.3 Å². The van der Waals surface area contributed by atoms with Gasteiger partial charge in [-0.05, 0) is 6.42 Å². The molecule has 0 aromatic carbocycles. The summed E-state index contributed by atoms with van der Waals surface area (Å²) in [6.07, 6.45) is -1.17. The lowest BCUT2D eigenvalue weighted by molar-refractivity contribution is -0.119. The van der Waals surface area contributed by atoms with E-state index in [1.165, 1.54) is 18.4 Å². The zero-order chi connectivity index (χ0) is 14.9. The Labute approximate surface area is 119 Å². The molecular weight excluding hydrogens is 289 g/mol. The van der Waals surface area contributed by atoms with Gasteiger partial charge in [0.1, 0.15) is 6.54 Å². The lowest BCUT2D eigenvalue weighted by Crippen LogP contribution is -2.32. The highest BCUT2D eigenvalue weighted by Crippen LogP contribution is 2.27. The normalized spacial score (nSPS) is 13.9. The molecule has 0 aliphatic carbocycles. The minimum atomic E-state index is -4.25. The average molecular weight is 306 g/mol. The number of imidazole rings is 1. The number of alkyl halides is 3. The van der Waals surface area contributed by atoms with E-state index >= 15 is 0 Å². The molecule has 2 aromatic rings. The molecule has 2 aromatic heterocycles. The maximum absolute atomic E-state index is 12.5. The first kappa shape index (κ1) is 15.1. The van der Waals surface area contributed by atoms with E-state index in [0.717, 1.165) is 17.0 Å². The number of aromatic nitrogens is 2. The predicted octanol–water partition coefficient (Wildman–Crippen LogP) is 2.67. The maximum Gasteiger partial charge on any atom is 0.405 e. The van der Waals surface area contributed by atoms with Gasteiger partial charge in [0, 0.05) is 31.1 Å². The summed E-state index contributed by atoms with van der Waals surface area (Å²) >= 11 is 1.40. The summed E-state index contributed by atoms with van der Waals surface area (Å²) in [7, 11) is 1.40. The highest BCUT2D eigenvalue weighted by Gasteiger charge is 2.31. The third kappa shape index (κ3) is 3.24. The third-order valence-electron chi connectivity index (χ3n) is 3.10. The molecule has 112 valence electrons. The molecule has 0 aliphatic rings. The van der Waals surface area contributed by atoms with Crippen molar-refractivity contribution in [1.29, 1.82) is 0 Å². The number of hydrogen-bond acceptors (Lipinski definition) is 4. The Hall–Kier alpha value is -1.28. The second-order valence-electron chi connectivity index (χ2n) is 4.78. The summed E-state index contributed by atoms with van der Waals surface area (Å²) in [5, 5.41) is 1.86. The van der Waals surface area contributed by atoms with Crippen LogP contribution in [0.4, 0.5) is 19.0 Å². The predicted molar refractivity (Wildman–Crippen MR) is 74.4 cm³/mol. The van der Waals surface area contributed by atoms with Crippen LogP contribution >= 0.6 is 11.3 Å². The Morgan fingerprint density at radius 3 is 2.80 bits per heavy atom. The number of anilines is 1. The molecule has 0 amide bonds. The fourth-order valence-corrected chi connectivity index (χ4v) is 2.78. The summed E-state index contributed by atoms with van der Waals surface area (Å²) < 4.78 is 39.4. The van der Waals surface area contributed by atoms with Crippen molar-refractivity contribution in [1.82, 2.24) is 9.38 Å². The van der Waals surface area contributed by atoms with Gasteiger partial charge in [-0.1, -0.05) is 6.92 Å². The van der Waals surface area contributed by atoms with E-state index in [1.54, 1.807) is 0 Å². The Bertz CT molecular complexity index is 575. The molecule has 8 heteroatoms. The van der Waals surface area contributed by atoms with E-state index in [-0.39, 0.29) is 6.04 Å². The van der Waals surface area contributed by atoms with Gasteiger partial charge in [-0.2, -0.15) is 13.2 Å². The smallest absolute Gasteiger partial charge is 0.349 e. The van der Waals surface area contributed by atoms with Crippen molar-refractivity contribution in [2.75, 3.05) is 18.5 Å². The van der Waals surface area contributed by atoms with Gasteiger partial charge in [0.2, 0.25) is 0 Å². The minimum Gasteiger partial charge on any atom is -0.349 e. The van der Waals surface area contributed by atoms with Crippen molar-refractivity contribution >= 4 is 22.1 Å². The van der Waals surface area contributed by atoms with Gasteiger partial charge in [0.05, 0.1) is 5.69 Å². The van der Waals surface area contributed by atoms with Crippen LogP contribution in [0.2, 0.25) is 0 Å². The highest BCUT2D eigenvalue weighted by atomic mass is 32.1. The van der Waals surface area contributed by atoms with Gasteiger partial charge in [-0.15, -0.1) is 11.3 Å². The van der Waals surface area contributed by atoms with Crippen LogP contribution in [0.15, 0.2) is 11.6 Å². The lowest BCUT2D eigenvalue weighted by Gasteiger charge is -2.20. The first-order chi connectivity index (χ1) is 9.31. The summed E-state index contributed by atoms with van der Waals surface area (Å²) in [6, 6.07) is -0.0900. The van der Waals surface area contributed by atoms with E-state index in [1.807, 2.05) is 22.9 Å². The first-order valence-corrected chi connectivity index (χ1v) is 7.17. The molecule has 0 saturated heterocycles. The van der Waals surface area contributed by atoms with Crippen LogP contribution in [0, 0.1) is 0 Å². The second-order valence-corrected chi connectivity index (χ2v) is 5.65. The number of nitrogens with zero attached hydrogens (tertiary/aromatic N) is 3. The minimum absolute atomic E-state index is 0.0900. The van der Waals surface area contributed by atoms with E-state index in [0.29, 0.717) is 17.2 Å². The Morgan fingerprint density at radius 2 is 2.20 bits per heavy atom. The van der Waals surface area contributed by atoms with E-state index < -0.39 is 12.7 Å². The molecule has 2 rings (SSSR count). The van der Waals surface area contributed by atoms with Gasteiger partial charge in [-0.3, -0.25) is 4.40 Å². The van der Waals surface area contributed by atoms with Gasteiger partial charge in [0.15, 0.2) is 10.8 Å².